The molecule has 5 heteroatoms. The molecule has 0 bridgehead atoms. The summed E-state index contributed by atoms with van der Waals surface area (Å²) in [6, 6.07) is 98.7. The Bertz CT molecular complexity index is 5860. The van der Waals surface area contributed by atoms with E-state index in [0.717, 1.165) is 16.9 Å². The van der Waals surface area contributed by atoms with E-state index in [-0.39, 0.29) is 6.71 Å². The fourth-order valence-corrected chi connectivity index (χ4v) is 15.7. The van der Waals surface area contributed by atoms with Gasteiger partial charge in [-0.2, -0.15) is 0 Å². The Balaban J connectivity index is 0.990. The molecule has 2 aliphatic rings. The highest BCUT2D eigenvalue weighted by atomic mass is 15.1. The highest BCUT2D eigenvalue weighted by Gasteiger charge is 2.43. The van der Waals surface area contributed by atoms with Crippen LogP contribution >= 0.6 is 0 Å². The molecule has 14 aromatic carbocycles. The summed E-state index contributed by atoms with van der Waals surface area (Å²) in [7, 11) is 0. The Labute approximate surface area is 463 Å². The van der Waals surface area contributed by atoms with E-state index < -0.39 is 0 Å². The van der Waals surface area contributed by atoms with Crippen molar-refractivity contribution in [1.82, 2.24) is 18.3 Å². The van der Waals surface area contributed by atoms with Crippen molar-refractivity contribution in [3.63, 3.8) is 0 Å². The van der Waals surface area contributed by atoms with Gasteiger partial charge in [-0.05, 0) is 137 Å². The number of hydrogen-bond donors (Lipinski definition) is 0. The van der Waals surface area contributed by atoms with E-state index in [0.29, 0.717) is 0 Å². The molecule has 0 atom stereocenters. The van der Waals surface area contributed by atoms with E-state index in [1.165, 1.54) is 164 Å². The molecule has 0 radical (unpaired) electrons. The van der Waals surface area contributed by atoms with Crippen molar-refractivity contribution in [3.05, 3.63) is 261 Å². The SMILES string of the molecule is c1ccc(-c2ccc3c(c2)c2cc(-n4c5ccccc5c5ccccc54)ccc2n3-c2ccc3c4c2-n2c5ccc6ccccc6c5c5c6ccccc6cc(c52)B4c2cc4ccccc4c4c5c6ccccc6ccc5n-3c24)cc1. The Hall–Kier alpha value is -10.6. The monoisotopic (exact) mass is 1020 g/mol. The van der Waals surface area contributed by atoms with Gasteiger partial charge in [-0.15, -0.1) is 0 Å². The molecule has 0 unspecified atom stereocenters. The number of nitrogens with zero attached hydrogens (tertiary/aromatic N) is 4. The fraction of sp³-hybridized carbons (Fsp3) is 0. The standard InChI is InChI=1S/C76H43BN4/c1-2-16-44(17-3-1)47-32-34-63-57(40-47)58-43-50(78-61-28-14-12-26-55(61)56-27-13-15-29-62(56)78)33-37-64(58)79(63)68-39-38-67-73-76(68)81-66-36-31-46-19-5-9-23-52(46)70(66)72-54-25-11-7-21-49(54)42-60(75(72)81)77(73)59-41-48-20-6-10-24-53(48)71-69-51-22-8-4-18-45(51)30-35-65(69)80(67)74(59)71/h1-43H. The Kier molecular flexibility index (Phi) is 7.93. The molecule has 0 saturated carbocycles. The predicted molar refractivity (Wildman–Crippen MR) is 344 cm³/mol. The average molecular weight is 1020 g/mol. The molecule has 370 valence electrons. The minimum Gasteiger partial charge on any atom is -0.310 e. The van der Waals surface area contributed by atoms with Gasteiger partial charge in [0.2, 0.25) is 0 Å². The molecule has 0 fully saturated rings. The third-order valence-electron chi connectivity index (χ3n) is 18.8. The van der Waals surface area contributed by atoms with Gasteiger partial charge >= 0.3 is 0 Å². The lowest BCUT2D eigenvalue weighted by atomic mass is 9.34. The molecule has 4 aromatic heterocycles. The predicted octanol–water partition coefficient (Wildman–Crippen LogP) is 17.5. The van der Waals surface area contributed by atoms with Gasteiger partial charge < -0.3 is 18.3 Å². The van der Waals surface area contributed by atoms with E-state index in [4.69, 9.17) is 0 Å². The topological polar surface area (TPSA) is 19.7 Å². The van der Waals surface area contributed by atoms with Crippen LogP contribution in [0.2, 0.25) is 0 Å². The van der Waals surface area contributed by atoms with Crippen LogP contribution < -0.4 is 16.4 Å². The highest BCUT2D eigenvalue weighted by molar-refractivity contribution is 7.01. The summed E-state index contributed by atoms with van der Waals surface area (Å²) in [5.41, 5.74) is 20.9. The minimum absolute atomic E-state index is 0.0972. The van der Waals surface area contributed by atoms with Crippen LogP contribution in [-0.2, 0) is 0 Å². The molecule has 0 N–H and O–H groups in total. The van der Waals surface area contributed by atoms with Gasteiger partial charge in [0, 0.05) is 54.5 Å². The molecule has 0 amide bonds. The first kappa shape index (κ1) is 42.4. The van der Waals surface area contributed by atoms with Gasteiger partial charge in [-0.1, -0.05) is 194 Å². The van der Waals surface area contributed by atoms with Crippen molar-refractivity contribution < 1.29 is 0 Å². The Morgan fingerprint density at radius 1 is 0.247 bits per heavy atom. The second-order valence-electron chi connectivity index (χ2n) is 22.7. The zero-order valence-electron chi connectivity index (χ0n) is 43.7. The third-order valence-corrected chi connectivity index (χ3v) is 18.8. The van der Waals surface area contributed by atoms with Crippen molar-refractivity contribution in [3.8, 4) is 33.9 Å². The maximum Gasteiger partial charge on any atom is 0.252 e. The first-order valence-corrected chi connectivity index (χ1v) is 28.3. The summed E-state index contributed by atoms with van der Waals surface area (Å²) in [5.74, 6) is 0. The van der Waals surface area contributed by atoms with Crippen LogP contribution in [-0.4, -0.2) is 25.0 Å². The van der Waals surface area contributed by atoms with Crippen LogP contribution in [0.1, 0.15) is 0 Å². The van der Waals surface area contributed by atoms with Crippen molar-refractivity contribution in [2.75, 3.05) is 0 Å². The summed E-state index contributed by atoms with van der Waals surface area (Å²) in [4.78, 5) is 0. The first-order chi connectivity index (χ1) is 40.2. The normalized spacial score (nSPS) is 12.9. The zero-order chi connectivity index (χ0) is 52.3. The number of rotatable bonds is 3. The molecule has 0 aliphatic carbocycles. The number of aromatic nitrogens is 4. The number of fused-ring (bicyclic) bond motifs is 24. The molecular formula is C76H43BN4. The van der Waals surface area contributed by atoms with Crippen LogP contribution in [0.25, 0.3) is 164 Å². The van der Waals surface area contributed by atoms with Crippen LogP contribution in [0.15, 0.2) is 261 Å². The van der Waals surface area contributed by atoms with Gasteiger partial charge in [-0.25, -0.2) is 0 Å². The third kappa shape index (κ3) is 5.28. The van der Waals surface area contributed by atoms with Gasteiger partial charge in [0.1, 0.15) is 0 Å². The number of benzene rings is 14. The lowest BCUT2D eigenvalue weighted by molar-refractivity contribution is 1.08. The van der Waals surface area contributed by atoms with E-state index in [9.17, 15) is 0 Å². The summed E-state index contributed by atoms with van der Waals surface area (Å²) in [6.07, 6.45) is 0. The number of para-hydroxylation sites is 2. The Morgan fingerprint density at radius 2 is 0.704 bits per heavy atom. The Morgan fingerprint density at radius 3 is 1.32 bits per heavy atom. The van der Waals surface area contributed by atoms with Gasteiger partial charge in [0.25, 0.3) is 6.71 Å². The lowest BCUT2D eigenvalue weighted by Crippen LogP contribution is -2.59. The fourth-order valence-electron chi connectivity index (χ4n) is 15.7. The van der Waals surface area contributed by atoms with E-state index in [1.54, 1.807) is 0 Å². The zero-order valence-corrected chi connectivity index (χ0v) is 43.7. The van der Waals surface area contributed by atoms with Crippen molar-refractivity contribution >= 4 is 153 Å². The molecular weight excluding hydrogens is 980 g/mol. The van der Waals surface area contributed by atoms with Crippen LogP contribution in [0.5, 0.6) is 0 Å². The van der Waals surface area contributed by atoms with E-state index in [2.05, 4.69) is 279 Å². The van der Waals surface area contributed by atoms with Gasteiger partial charge in [-0.3, -0.25) is 0 Å². The molecule has 0 saturated heterocycles. The van der Waals surface area contributed by atoms with Crippen molar-refractivity contribution in [2.45, 2.75) is 0 Å². The molecule has 2 aliphatic heterocycles. The van der Waals surface area contributed by atoms with E-state index >= 15 is 0 Å². The second-order valence-corrected chi connectivity index (χ2v) is 22.7. The summed E-state index contributed by atoms with van der Waals surface area (Å²) >= 11 is 0. The quantitative estimate of drug-likeness (QED) is 0.157. The highest BCUT2D eigenvalue weighted by Crippen LogP contribution is 2.48. The van der Waals surface area contributed by atoms with Crippen molar-refractivity contribution in [1.29, 1.82) is 0 Å². The second kappa shape index (κ2) is 15.1. The molecule has 18 aromatic rings. The molecule has 0 spiro atoms. The van der Waals surface area contributed by atoms with Gasteiger partial charge in [0.05, 0.1) is 55.5 Å². The van der Waals surface area contributed by atoms with Crippen LogP contribution in [0.4, 0.5) is 0 Å². The average Bonchev–Trinajstić information content (AvgIpc) is 4.40. The maximum atomic E-state index is 2.70. The van der Waals surface area contributed by atoms with Crippen molar-refractivity contribution in [2.24, 2.45) is 0 Å². The van der Waals surface area contributed by atoms with Gasteiger partial charge in [0.15, 0.2) is 0 Å². The summed E-state index contributed by atoms with van der Waals surface area (Å²) in [6.45, 7) is -0.0972. The minimum atomic E-state index is -0.0972. The molecule has 6 heterocycles. The largest absolute Gasteiger partial charge is 0.310 e. The summed E-state index contributed by atoms with van der Waals surface area (Å²) in [5, 5.41) is 20.3. The van der Waals surface area contributed by atoms with E-state index in [1.807, 2.05) is 0 Å². The van der Waals surface area contributed by atoms with Crippen LogP contribution in [0.3, 0.4) is 0 Å². The first-order valence-electron chi connectivity index (χ1n) is 28.3. The lowest BCUT2D eigenvalue weighted by Gasteiger charge is -2.35. The smallest absolute Gasteiger partial charge is 0.252 e. The molecule has 81 heavy (non-hydrogen) atoms. The number of hydrogen-bond acceptors (Lipinski definition) is 0. The summed E-state index contributed by atoms with van der Waals surface area (Å²) < 4.78 is 10.4. The molecule has 20 rings (SSSR count). The molecule has 4 nitrogen and oxygen atoms in total. The van der Waals surface area contributed by atoms with Crippen LogP contribution in [0, 0.1) is 0 Å². The maximum absolute atomic E-state index is 2.70.